The Hall–Kier alpha value is -0.300. The summed E-state index contributed by atoms with van der Waals surface area (Å²) in [7, 11) is 0. The highest BCUT2D eigenvalue weighted by Gasteiger charge is 1.96. The van der Waals surface area contributed by atoms with Crippen molar-refractivity contribution in [3.8, 4) is 0 Å². The zero-order chi connectivity index (χ0) is 10.6. The first kappa shape index (κ1) is 13.7. The maximum absolute atomic E-state index is 8.71. The van der Waals surface area contributed by atoms with Gasteiger partial charge in [0, 0.05) is 6.61 Å². The lowest BCUT2D eigenvalue weighted by Gasteiger charge is -2.04. The lowest BCUT2D eigenvalue weighted by atomic mass is 10.0. The van der Waals surface area contributed by atoms with Crippen molar-refractivity contribution in [1.82, 2.24) is 0 Å². The molecule has 0 radical (unpaired) electrons. The van der Waals surface area contributed by atoms with Crippen LogP contribution in [0.5, 0.6) is 0 Å². The van der Waals surface area contributed by atoms with Gasteiger partial charge < -0.3 is 5.11 Å². The van der Waals surface area contributed by atoms with Gasteiger partial charge in [-0.05, 0) is 31.6 Å². The van der Waals surface area contributed by atoms with E-state index in [1.165, 1.54) is 32.1 Å². The zero-order valence-corrected chi connectivity index (χ0v) is 9.84. The summed E-state index contributed by atoms with van der Waals surface area (Å²) in [6, 6.07) is 0. The van der Waals surface area contributed by atoms with Gasteiger partial charge >= 0.3 is 0 Å². The minimum absolute atomic E-state index is 0.325. The van der Waals surface area contributed by atoms with Gasteiger partial charge in [0.2, 0.25) is 0 Å². The average Bonchev–Trinajstić information content (AvgIpc) is 2.17. The van der Waals surface area contributed by atoms with Gasteiger partial charge in [-0.15, -0.1) is 0 Å². The fraction of sp³-hybridized carbons (Fsp3) is 0.846. The SMILES string of the molecule is CCCCCCC=CCC(C)CCO. The molecule has 84 valence electrons. The largest absolute Gasteiger partial charge is 0.396 e. The zero-order valence-electron chi connectivity index (χ0n) is 9.84. The van der Waals surface area contributed by atoms with Crippen molar-refractivity contribution in [3.63, 3.8) is 0 Å². The van der Waals surface area contributed by atoms with Crippen LogP contribution in [-0.2, 0) is 0 Å². The Labute approximate surface area is 89.2 Å². The van der Waals surface area contributed by atoms with Crippen molar-refractivity contribution in [3.05, 3.63) is 12.2 Å². The first-order valence-electron chi connectivity index (χ1n) is 6.07. The highest BCUT2D eigenvalue weighted by atomic mass is 16.2. The molecule has 1 heteroatoms. The fourth-order valence-electron chi connectivity index (χ4n) is 1.47. The van der Waals surface area contributed by atoms with Gasteiger partial charge in [-0.1, -0.05) is 45.3 Å². The number of hydrogen-bond acceptors (Lipinski definition) is 1. The number of aliphatic hydroxyl groups excluding tert-OH is 1. The number of rotatable bonds is 9. The molecular formula is C13H26O. The normalized spacial score (nSPS) is 13.6. The molecule has 0 aliphatic rings. The first-order chi connectivity index (χ1) is 6.81. The molecule has 1 N–H and O–H groups in total. The van der Waals surface area contributed by atoms with Gasteiger partial charge in [-0.2, -0.15) is 0 Å². The van der Waals surface area contributed by atoms with E-state index in [-0.39, 0.29) is 0 Å². The minimum atomic E-state index is 0.325. The molecule has 0 aromatic heterocycles. The third-order valence-electron chi connectivity index (χ3n) is 2.55. The Kier molecular flexibility index (Phi) is 10.5. The molecule has 0 heterocycles. The molecular weight excluding hydrogens is 172 g/mol. The topological polar surface area (TPSA) is 20.2 Å². The van der Waals surface area contributed by atoms with Gasteiger partial charge in [0.1, 0.15) is 0 Å². The molecule has 0 saturated heterocycles. The second-order valence-electron chi connectivity index (χ2n) is 4.17. The van der Waals surface area contributed by atoms with E-state index < -0.39 is 0 Å². The molecule has 0 aliphatic carbocycles. The van der Waals surface area contributed by atoms with E-state index in [0.717, 1.165) is 12.8 Å². The molecule has 0 aromatic carbocycles. The Morgan fingerprint density at radius 1 is 1.14 bits per heavy atom. The highest BCUT2D eigenvalue weighted by Crippen LogP contribution is 2.08. The van der Waals surface area contributed by atoms with Gasteiger partial charge in [-0.25, -0.2) is 0 Å². The maximum Gasteiger partial charge on any atom is 0.0433 e. The van der Waals surface area contributed by atoms with Crippen LogP contribution in [0.25, 0.3) is 0 Å². The Morgan fingerprint density at radius 3 is 2.57 bits per heavy atom. The predicted molar refractivity (Wildman–Crippen MR) is 63.4 cm³/mol. The van der Waals surface area contributed by atoms with Crippen molar-refractivity contribution in [2.75, 3.05) is 6.61 Å². The molecule has 0 aromatic rings. The highest BCUT2D eigenvalue weighted by molar-refractivity contribution is 4.83. The van der Waals surface area contributed by atoms with Crippen molar-refractivity contribution in [1.29, 1.82) is 0 Å². The molecule has 1 atom stereocenters. The van der Waals surface area contributed by atoms with Crippen LogP contribution in [-0.4, -0.2) is 11.7 Å². The Balaban J connectivity index is 3.18. The molecule has 0 spiro atoms. The number of unbranched alkanes of at least 4 members (excludes halogenated alkanes) is 4. The first-order valence-corrected chi connectivity index (χ1v) is 6.07. The summed E-state index contributed by atoms with van der Waals surface area (Å²) < 4.78 is 0. The standard InChI is InChI=1S/C13H26O/c1-3-4-5-6-7-8-9-10-13(2)11-12-14/h8-9,13-14H,3-7,10-12H2,1-2H3. The van der Waals surface area contributed by atoms with Crippen molar-refractivity contribution >= 4 is 0 Å². The van der Waals surface area contributed by atoms with Crippen LogP contribution in [0.1, 0.15) is 58.8 Å². The summed E-state index contributed by atoms with van der Waals surface area (Å²) >= 11 is 0. The Morgan fingerprint density at radius 2 is 1.93 bits per heavy atom. The summed E-state index contributed by atoms with van der Waals surface area (Å²) in [6.07, 6.45) is 13.2. The van der Waals surface area contributed by atoms with Crippen LogP contribution in [0.4, 0.5) is 0 Å². The van der Waals surface area contributed by atoms with Gasteiger partial charge in [0.25, 0.3) is 0 Å². The maximum atomic E-state index is 8.71. The van der Waals surface area contributed by atoms with Crippen LogP contribution in [0.2, 0.25) is 0 Å². The predicted octanol–water partition coefficient (Wildman–Crippen LogP) is 3.92. The van der Waals surface area contributed by atoms with Crippen molar-refractivity contribution < 1.29 is 5.11 Å². The number of allylic oxidation sites excluding steroid dienone is 2. The lowest BCUT2D eigenvalue weighted by Crippen LogP contribution is -1.95. The number of hydrogen-bond donors (Lipinski definition) is 1. The van der Waals surface area contributed by atoms with E-state index in [4.69, 9.17) is 5.11 Å². The van der Waals surface area contributed by atoms with Crippen LogP contribution in [0, 0.1) is 5.92 Å². The molecule has 1 nitrogen and oxygen atoms in total. The average molecular weight is 198 g/mol. The van der Waals surface area contributed by atoms with E-state index in [9.17, 15) is 0 Å². The quantitative estimate of drug-likeness (QED) is 0.440. The molecule has 0 aliphatic heterocycles. The lowest BCUT2D eigenvalue weighted by molar-refractivity contribution is 0.263. The molecule has 1 unspecified atom stereocenters. The van der Waals surface area contributed by atoms with E-state index in [2.05, 4.69) is 26.0 Å². The molecule has 0 amide bonds. The van der Waals surface area contributed by atoms with E-state index >= 15 is 0 Å². The summed E-state index contributed by atoms with van der Waals surface area (Å²) in [5.41, 5.74) is 0. The van der Waals surface area contributed by atoms with E-state index in [1.807, 2.05) is 0 Å². The van der Waals surface area contributed by atoms with Crippen molar-refractivity contribution in [2.45, 2.75) is 58.8 Å². The third-order valence-corrected chi connectivity index (χ3v) is 2.55. The van der Waals surface area contributed by atoms with E-state index in [0.29, 0.717) is 12.5 Å². The van der Waals surface area contributed by atoms with Crippen LogP contribution >= 0.6 is 0 Å². The van der Waals surface area contributed by atoms with Crippen LogP contribution in [0.3, 0.4) is 0 Å². The Bertz CT molecular complexity index is 129. The molecule has 0 rings (SSSR count). The second kappa shape index (κ2) is 10.8. The summed E-state index contributed by atoms with van der Waals surface area (Å²) in [4.78, 5) is 0. The monoisotopic (exact) mass is 198 g/mol. The molecule has 0 bridgehead atoms. The summed E-state index contributed by atoms with van der Waals surface area (Å²) in [6.45, 7) is 4.76. The minimum Gasteiger partial charge on any atom is -0.396 e. The van der Waals surface area contributed by atoms with E-state index in [1.54, 1.807) is 0 Å². The summed E-state index contributed by atoms with van der Waals surface area (Å²) in [5, 5.41) is 8.71. The van der Waals surface area contributed by atoms with Gasteiger partial charge in [0.15, 0.2) is 0 Å². The van der Waals surface area contributed by atoms with Crippen molar-refractivity contribution in [2.24, 2.45) is 5.92 Å². The smallest absolute Gasteiger partial charge is 0.0433 e. The molecule has 14 heavy (non-hydrogen) atoms. The van der Waals surface area contributed by atoms with Crippen LogP contribution < -0.4 is 0 Å². The molecule has 0 saturated carbocycles. The van der Waals surface area contributed by atoms with Gasteiger partial charge in [-0.3, -0.25) is 0 Å². The second-order valence-corrected chi connectivity index (χ2v) is 4.17. The summed E-state index contributed by atoms with van der Waals surface area (Å²) in [5.74, 6) is 0.631. The molecule has 0 fully saturated rings. The number of aliphatic hydroxyl groups is 1. The third kappa shape index (κ3) is 9.79. The van der Waals surface area contributed by atoms with Gasteiger partial charge in [0.05, 0.1) is 0 Å². The fourth-order valence-corrected chi connectivity index (χ4v) is 1.47. The van der Waals surface area contributed by atoms with Crippen LogP contribution in [0.15, 0.2) is 12.2 Å².